The number of benzene rings is 1. The number of halogens is 1. The lowest BCUT2D eigenvalue weighted by Crippen LogP contribution is -2.37. The Morgan fingerprint density at radius 2 is 2.28 bits per heavy atom. The highest BCUT2D eigenvalue weighted by atomic mass is 79.9. The second-order valence-electron chi connectivity index (χ2n) is 3.99. The van der Waals surface area contributed by atoms with Crippen LogP contribution in [0.25, 0.3) is 0 Å². The number of nitrogens with zero attached hydrogens (tertiary/aromatic N) is 2. The van der Waals surface area contributed by atoms with E-state index in [9.17, 15) is 0 Å². The lowest BCUT2D eigenvalue weighted by Gasteiger charge is -2.18. The van der Waals surface area contributed by atoms with E-state index in [0.717, 1.165) is 37.9 Å². The number of methoxy groups -OCH3 is 1. The van der Waals surface area contributed by atoms with Crippen LogP contribution < -0.4 is 10.1 Å². The van der Waals surface area contributed by atoms with E-state index in [0.29, 0.717) is 0 Å². The number of rotatable bonds is 4. The fraction of sp³-hybridized carbons (Fsp3) is 0.462. The van der Waals surface area contributed by atoms with Crippen LogP contribution in [0.5, 0.6) is 5.75 Å². The van der Waals surface area contributed by atoms with Crippen molar-refractivity contribution in [1.29, 1.82) is 0 Å². The minimum Gasteiger partial charge on any atom is -0.497 e. The predicted molar refractivity (Wildman–Crippen MR) is 79.7 cm³/mol. The Bertz CT molecular complexity index is 409. The van der Waals surface area contributed by atoms with Crippen LogP contribution >= 0.6 is 17.0 Å². The van der Waals surface area contributed by atoms with E-state index in [1.807, 2.05) is 18.2 Å². The van der Waals surface area contributed by atoms with Crippen molar-refractivity contribution in [3.8, 4) is 5.75 Å². The summed E-state index contributed by atoms with van der Waals surface area (Å²) in [6.07, 6.45) is 0. The van der Waals surface area contributed by atoms with Gasteiger partial charge in [-0.25, -0.2) is 0 Å². The van der Waals surface area contributed by atoms with E-state index < -0.39 is 0 Å². The maximum Gasteiger partial charge on any atom is 0.194 e. The first-order chi connectivity index (χ1) is 8.33. The molecule has 5 heteroatoms. The molecule has 100 valence electrons. The molecule has 1 aliphatic heterocycles. The molecule has 1 aromatic carbocycles. The van der Waals surface area contributed by atoms with Gasteiger partial charge in [0.15, 0.2) is 5.96 Å². The molecule has 4 nitrogen and oxygen atoms in total. The fourth-order valence-corrected chi connectivity index (χ4v) is 1.92. The number of likely N-dealkylation sites (N-methyl/N-ethyl adjacent to an activating group) is 1. The number of ether oxygens (including phenoxy) is 1. The molecule has 1 aliphatic rings. The molecule has 0 unspecified atom stereocenters. The summed E-state index contributed by atoms with van der Waals surface area (Å²) in [6, 6.07) is 8.08. The number of aliphatic imine (C=N–C) groups is 1. The van der Waals surface area contributed by atoms with E-state index >= 15 is 0 Å². The van der Waals surface area contributed by atoms with Crippen molar-refractivity contribution in [1.82, 2.24) is 10.2 Å². The second-order valence-corrected chi connectivity index (χ2v) is 3.99. The third kappa shape index (κ3) is 3.63. The van der Waals surface area contributed by atoms with Gasteiger partial charge in [-0.15, -0.1) is 17.0 Å². The summed E-state index contributed by atoms with van der Waals surface area (Å²) in [5.41, 5.74) is 1.20. The smallest absolute Gasteiger partial charge is 0.194 e. The molecule has 2 rings (SSSR count). The van der Waals surface area contributed by atoms with Gasteiger partial charge < -0.3 is 15.0 Å². The highest BCUT2D eigenvalue weighted by Crippen LogP contribution is 2.12. The molecule has 0 aliphatic carbocycles. The molecule has 0 saturated heterocycles. The summed E-state index contributed by atoms with van der Waals surface area (Å²) in [5.74, 6) is 1.90. The lowest BCUT2D eigenvalue weighted by molar-refractivity contribution is 0.414. The minimum absolute atomic E-state index is 0. The van der Waals surface area contributed by atoms with Crippen LogP contribution in [0.3, 0.4) is 0 Å². The van der Waals surface area contributed by atoms with Gasteiger partial charge in [-0.3, -0.25) is 4.99 Å². The van der Waals surface area contributed by atoms with Crippen molar-refractivity contribution in [2.75, 3.05) is 26.7 Å². The van der Waals surface area contributed by atoms with Crippen LogP contribution in [0.1, 0.15) is 12.5 Å². The highest BCUT2D eigenvalue weighted by Gasteiger charge is 2.13. The Hall–Kier alpha value is -1.23. The predicted octanol–water partition coefficient (Wildman–Crippen LogP) is 2.05. The topological polar surface area (TPSA) is 36.9 Å². The quantitative estimate of drug-likeness (QED) is 0.924. The zero-order valence-corrected chi connectivity index (χ0v) is 12.6. The van der Waals surface area contributed by atoms with Crippen LogP contribution in [0.2, 0.25) is 0 Å². The molecule has 1 aromatic rings. The van der Waals surface area contributed by atoms with Crippen molar-refractivity contribution in [2.45, 2.75) is 13.5 Å². The van der Waals surface area contributed by atoms with Gasteiger partial charge in [0.1, 0.15) is 5.75 Å². The van der Waals surface area contributed by atoms with Crippen molar-refractivity contribution in [2.24, 2.45) is 4.99 Å². The Morgan fingerprint density at radius 3 is 3.00 bits per heavy atom. The summed E-state index contributed by atoms with van der Waals surface area (Å²) in [7, 11) is 1.69. The van der Waals surface area contributed by atoms with Gasteiger partial charge in [-0.2, -0.15) is 0 Å². The normalized spacial score (nSPS) is 13.9. The van der Waals surface area contributed by atoms with Gasteiger partial charge in [-0.05, 0) is 24.6 Å². The van der Waals surface area contributed by atoms with Crippen LogP contribution in [-0.4, -0.2) is 37.6 Å². The summed E-state index contributed by atoms with van der Waals surface area (Å²) in [6.45, 7) is 5.86. The molecule has 0 atom stereocenters. The number of nitrogens with one attached hydrogen (secondary N) is 1. The summed E-state index contributed by atoms with van der Waals surface area (Å²) < 4.78 is 5.20. The number of hydrogen-bond acceptors (Lipinski definition) is 4. The SMILES string of the molecule is Br.CCN1CCN=C1NCc1cccc(OC)c1. The molecule has 0 radical (unpaired) electrons. The molecule has 1 N–H and O–H groups in total. The monoisotopic (exact) mass is 313 g/mol. The molecule has 0 fully saturated rings. The highest BCUT2D eigenvalue weighted by molar-refractivity contribution is 8.93. The van der Waals surface area contributed by atoms with Crippen LogP contribution in [0.4, 0.5) is 0 Å². The Balaban J connectivity index is 0.00000162. The van der Waals surface area contributed by atoms with E-state index in [4.69, 9.17) is 4.74 Å². The standard InChI is InChI=1S/C13H19N3O.BrH/c1-3-16-8-7-14-13(16)15-10-11-5-4-6-12(9-11)17-2;/h4-6,9H,3,7-8,10H2,1-2H3,(H,14,15);1H. The maximum atomic E-state index is 5.20. The zero-order valence-electron chi connectivity index (χ0n) is 10.8. The van der Waals surface area contributed by atoms with Gasteiger partial charge in [0.2, 0.25) is 0 Å². The fourth-order valence-electron chi connectivity index (χ4n) is 1.92. The zero-order chi connectivity index (χ0) is 12.1. The maximum absolute atomic E-state index is 5.20. The largest absolute Gasteiger partial charge is 0.497 e. The molecule has 0 amide bonds. The van der Waals surface area contributed by atoms with Crippen LogP contribution in [0, 0.1) is 0 Å². The van der Waals surface area contributed by atoms with Crippen molar-refractivity contribution < 1.29 is 4.74 Å². The van der Waals surface area contributed by atoms with Gasteiger partial charge in [0.25, 0.3) is 0 Å². The molecule has 1 heterocycles. The summed E-state index contributed by atoms with van der Waals surface area (Å²) in [4.78, 5) is 6.70. The van der Waals surface area contributed by atoms with Gasteiger partial charge in [0, 0.05) is 19.6 Å². The van der Waals surface area contributed by atoms with Gasteiger partial charge >= 0.3 is 0 Å². The van der Waals surface area contributed by atoms with Crippen LogP contribution in [-0.2, 0) is 6.54 Å². The van der Waals surface area contributed by atoms with E-state index in [-0.39, 0.29) is 17.0 Å². The minimum atomic E-state index is 0. The molecule has 0 aromatic heterocycles. The van der Waals surface area contributed by atoms with E-state index in [1.54, 1.807) is 7.11 Å². The molecular formula is C13H20BrN3O. The third-order valence-corrected chi connectivity index (χ3v) is 2.90. The molecule has 18 heavy (non-hydrogen) atoms. The first-order valence-electron chi connectivity index (χ1n) is 5.99. The molecule has 0 spiro atoms. The Kier molecular flexibility index (Phi) is 5.98. The Morgan fingerprint density at radius 1 is 1.44 bits per heavy atom. The van der Waals surface area contributed by atoms with E-state index in [2.05, 4.69) is 28.2 Å². The first-order valence-corrected chi connectivity index (χ1v) is 5.99. The van der Waals surface area contributed by atoms with Gasteiger partial charge in [-0.1, -0.05) is 12.1 Å². The van der Waals surface area contributed by atoms with Crippen molar-refractivity contribution in [3.63, 3.8) is 0 Å². The first kappa shape index (κ1) is 14.8. The summed E-state index contributed by atoms with van der Waals surface area (Å²) in [5, 5.41) is 3.37. The molecule has 0 bridgehead atoms. The Labute approximate surface area is 119 Å². The average Bonchev–Trinajstić information content (AvgIpc) is 2.84. The van der Waals surface area contributed by atoms with Crippen molar-refractivity contribution >= 4 is 22.9 Å². The van der Waals surface area contributed by atoms with Gasteiger partial charge in [0.05, 0.1) is 13.7 Å². The summed E-state index contributed by atoms with van der Waals surface area (Å²) >= 11 is 0. The number of guanidine groups is 1. The second kappa shape index (κ2) is 7.26. The average molecular weight is 314 g/mol. The molecular weight excluding hydrogens is 294 g/mol. The van der Waals surface area contributed by atoms with Crippen LogP contribution in [0.15, 0.2) is 29.3 Å². The molecule has 0 saturated carbocycles. The van der Waals surface area contributed by atoms with E-state index in [1.165, 1.54) is 5.56 Å². The third-order valence-electron chi connectivity index (χ3n) is 2.90. The lowest BCUT2D eigenvalue weighted by atomic mass is 10.2. The van der Waals surface area contributed by atoms with Crippen molar-refractivity contribution in [3.05, 3.63) is 29.8 Å². The number of hydrogen-bond donors (Lipinski definition) is 1.